The van der Waals surface area contributed by atoms with E-state index in [0.717, 1.165) is 36.1 Å². The standard InChI is InChI=1S/C23H23N3O4S2/c1-3-25(4-2)18-11-9-16(10-12-18)14-24-26-22(29)20(32-23(26)31)13-17-7-5-6-8-19(17)30-15-21(27)28/h5-14H,3-4,15H2,1-2H3,(H,27,28). The van der Waals surface area contributed by atoms with Gasteiger partial charge in [0.25, 0.3) is 5.91 Å². The number of ether oxygens (including phenoxy) is 1. The maximum absolute atomic E-state index is 12.8. The maximum atomic E-state index is 12.8. The summed E-state index contributed by atoms with van der Waals surface area (Å²) >= 11 is 6.46. The fourth-order valence-corrected chi connectivity index (χ4v) is 4.22. The molecular weight excluding hydrogens is 446 g/mol. The number of carboxylic acid groups (broad SMARTS) is 1. The Bertz CT molecular complexity index is 1060. The van der Waals surface area contributed by atoms with Crippen LogP contribution in [0.2, 0.25) is 0 Å². The third-order valence-electron chi connectivity index (χ3n) is 4.67. The first-order valence-electron chi connectivity index (χ1n) is 10.0. The van der Waals surface area contributed by atoms with E-state index in [0.29, 0.717) is 20.5 Å². The van der Waals surface area contributed by atoms with Crippen LogP contribution in [0, 0.1) is 0 Å². The molecule has 0 aliphatic carbocycles. The molecule has 1 aliphatic rings. The van der Waals surface area contributed by atoms with Crippen molar-refractivity contribution in [3.05, 3.63) is 64.6 Å². The highest BCUT2D eigenvalue weighted by atomic mass is 32.2. The number of anilines is 1. The van der Waals surface area contributed by atoms with Crippen LogP contribution in [0.15, 0.2) is 58.5 Å². The number of rotatable bonds is 9. The van der Waals surface area contributed by atoms with Crippen LogP contribution in [-0.2, 0) is 9.59 Å². The molecule has 2 aromatic rings. The summed E-state index contributed by atoms with van der Waals surface area (Å²) in [4.78, 5) is 26.3. The van der Waals surface area contributed by atoms with E-state index in [9.17, 15) is 9.59 Å². The minimum atomic E-state index is -1.08. The summed E-state index contributed by atoms with van der Waals surface area (Å²) in [6, 6.07) is 14.8. The molecular formula is C23H23N3O4S2. The predicted octanol–water partition coefficient (Wildman–Crippen LogP) is 4.23. The lowest BCUT2D eigenvalue weighted by Gasteiger charge is -2.20. The van der Waals surface area contributed by atoms with Crippen LogP contribution < -0.4 is 9.64 Å². The van der Waals surface area contributed by atoms with Gasteiger partial charge in [-0.1, -0.05) is 42.1 Å². The van der Waals surface area contributed by atoms with E-state index in [1.54, 1.807) is 36.6 Å². The molecule has 7 nitrogen and oxygen atoms in total. The molecule has 0 aromatic heterocycles. The van der Waals surface area contributed by atoms with Gasteiger partial charge in [-0.05, 0) is 55.9 Å². The van der Waals surface area contributed by atoms with E-state index in [4.69, 9.17) is 22.1 Å². The molecule has 0 unspecified atom stereocenters. The number of carbonyl (C=O) groups is 2. The minimum Gasteiger partial charge on any atom is -0.481 e. The largest absolute Gasteiger partial charge is 0.481 e. The Morgan fingerprint density at radius 3 is 2.53 bits per heavy atom. The third-order valence-corrected chi connectivity index (χ3v) is 5.96. The monoisotopic (exact) mass is 469 g/mol. The van der Waals surface area contributed by atoms with Crippen LogP contribution in [0.3, 0.4) is 0 Å². The molecule has 1 heterocycles. The van der Waals surface area contributed by atoms with Crippen molar-refractivity contribution in [3.63, 3.8) is 0 Å². The van der Waals surface area contributed by atoms with Gasteiger partial charge in [0.1, 0.15) is 5.75 Å². The second kappa shape index (κ2) is 10.9. The zero-order valence-corrected chi connectivity index (χ0v) is 19.4. The molecule has 1 aliphatic heterocycles. The van der Waals surface area contributed by atoms with E-state index >= 15 is 0 Å². The molecule has 2 aromatic carbocycles. The predicted molar refractivity (Wildman–Crippen MR) is 132 cm³/mol. The highest BCUT2D eigenvalue weighted by Crippen LogP contribution is 2.34. The number of thiocarbonyl (C=S) groups is 1. The molecule has 0 spiro atoms. The lowest BCUT2D eigenvalue weighted by Crippen LogP contribution is -2.22. The van der Waals surface area contributed by atoms with Gasteiger partial charge in [0.2, 0.25) is 0 Å². The van der Waals surface area contributed by atoms with Crippen LogP contribution in [0.5, 0.6) is 5.75 Å². The van der Waals surface area contributed by atoms with E-state index in [-0.39, 0.29) is 5.91 Å². The van der Waals surface area contributed by atoms with Gasteiger partial charge in [-0.3, -0.25) is 4.79 Å². The van der Waals surface area contributed by atoms with Crippen molar-refractivity contribution in [2.24, 2.45) is 5.10 Å². The van der Waals surface area contributed by atoms with Crippen molar-refractivity contribution in [2.75, 3.05) is 24.6 Å². The van der Waals surface area contributed by atoms with Gasteiger partial charge in [0.15, 0.2) is 10.9 Å². The first-order valence-corrected chi connectivity index (χ1v) is 11.3. The van der Waals surface area contributed by atoms with Crippen LogP contribution in [0.25, 0.3) is 6.08 Å². The number of benzene rings is 2. The molecule has 0 radical (unpaired) electrons. The van der Waals surface area contributed by atoms with Crippen molar-refractivity contribution in [1.82, 2.24) is 5.01 Å². The number of amides is 1. The number of hydrogen-bond acceptors (Lipinski definition) is 7. The van der Waals surface area contributed by atoms with Gasteiger partial charge in [-0.2, -0.15) is 10.1 Å². The normalized spacial score (nSPS) is 15.1. The number of carboxylic acids is 1. The molecule has 1 amide bonds. The van der Waals surface area contributed by atoms with E-state index in [1.807, 2.05) is 24.3 Å². The lowest BCUT2D eigenvalue weighted by molar-refractivity contribution is -0.139. The quantitative estimate of drug-likeness (QED) is 0.334. The fraction of sp³-hybridized carbons (Fsp3) is 0.217. The van der Waals surface area contributed by atoms with Crippen LogP contribution in [0.1, 0.15) is 25.0 Å². The summed E-state index contributed by atoms with van der Waals surface area (Å²) in [5.41, 5.74) is 2.57. The number of nitrogens with zero attached hydrogens (tertiary/aromatic N) is 3. The Labute approximate surface area is 196 Å². The summed E-state index contributed by atoms with van der Waals surface area (Å²) in [7, 11) is 0. The topological polar surface area (TPSA) is 82.4 Å². The van der Waals surface area contributed by atoms with Gasteiger partial charge in [0, 0.05) is 24.3 Å². The second-order valence-corrected chi connectivity index (χ2v) is 8.40. The van der Waals surface area contributed by atoms with Crippen molar-refractivity contribution in [2.45, 2.75) is 13.8 Å². The van der Waals surface area contributed by atoms with Gasteiger partial charge in [-0.25, -0.2) is 4.79 Å². The molecule has 32 heavy (non-hydrogen) atoms. The highest BCUT2D eigenvalue weighted by Gasteiger charge is 2.32. The van der Waals surface area contributed by atoms with Crippen molar-refractivity contribution in [3.8, 4) is 5.75 Å². The molecule has 0 saturated carbocycles. The molecule has 0 atom stereocenters. The Morgan fingerprint density at radius 1 is 1.19 bits per heavy atom. The maximum Gasteiger partial charge on any atom is 0.341 e. The summed E-state index contributed by atoms with van der Waals surface area (Å²) in [5, 5.41) is 14.3. The summed E-state index contributed by atoms with van der Waals surface area (Å²) in [6.07, 6.45) is 3.23. The third kappa shape index (κ3) is 5.74. The minimum absolute atomic E-state index is 0.321. The molecule has 9 heteroatoms. The molecule has 3 rings (SSSR count). The molecule has 1 fully saturated rings. The van der Waals surface area contributed by atoms with Crippen LogP contribution >= 0.6 is 24.0 Å². The number of thioether (sulfide) groups is 1. The lowest BCUT2D eigenvalue weighted by atomic mass is 10.2. The summed E-state index contributed by atoms with van der Waals surface area (Å²) in [6.45, 7) is 5.61. The van der Waals surface area contributed by atoms with Crippen molar-refractivity contribution in [1.29, 1.82) is 0 Å². The summed E-state index contributed by atoms with van der Waals surface area (Å²) in [5.74, 6) is -1.05. The zero-order chi connectivity index (χ0) is 23.1. The Balaban J connectivity index is 1.75. The highest BCUT2D eigenvalue weighted by molar-refractivity contribution is 8.26. The number of aliphatic carboxylic acids is 1. The summed E-state index contributed by atoms with van der Waals surface area (Å²) < 4.78 is 5.62. The van der Waals surface area contributed by atoms with Gasteiger partial charge >= 0.3 is 5.97 Å². The molecule has 0 bridgehead atoms. The Morgan fingerprint density at radius 2 is 1.88 bits per heavy atom. The number of hydrazone groups is 1. The molecule has 1 N–H and O–H groups in total. The number of hydrogen-bond donors (Lipinski definition) is 1. The average molecular weight is 470 g/mol. The van der Waals surface area contributed by atoms with E-state index < -0.39 is 12.6 Å². The first kappa shape index (κ1) is 23.5. The SMILES string of the molecule is CCN(CC)c1ccc(C=NN2C(=O)C(=Cc3ccccc3OCC(=O)O)SC2=S)cc1. The second-order valence-electron chi connectivity index (χ2n) is 6.72. The van der Waals surface area contributed by atoms with Gasteiger partial charge in [-0.15, -0.1) is 0 Å². The Hall–Kier alpha value is -3.17. The van der Waals surface area contributed by atoms with E-state index in [1.165, 1.54) is 5.01 Å². The smallest absolute Gasteiger partial charge is 0.341 e. The average Bonchev–Trinajstić information content (AvgIpc) is 3.05. The van der Waals surface area contributed by atoms with Crippen LogP contribution in [0.4, 0.5) is 5.69 Å². The number of para-hydroxylation sites is 1. The van der Waals surface area contributed by atoms with Crippen molar-refractivity contribution < 1.29 is 19.4 Å². The van der Waals surface area contributed by atoms with Gasteiger partial charge in [0.05, 0.1) is 11.1 Å². The molecule has 166 valence electrons. The van der Waals surface area contributed by atoms with Crippen LogP contribution in [-0.4, -0.2) is 52.2 Å². The Kier molecular flexibility index (Phi) is 8.02. The van der Waals surface area contributed by atoms with Crippen molar-refractivity contribution >= 4 is 58.2 Å². The zero-order valence-electron chi connectivity index (χ0n) is 17.7. The fourth-order valence-electron chi connectivity index (χ4n) is 3.06. The van der Waals surface area contributed by atoms with Gasteiger partial charge < -0.3 is 14.7 Å². The first-order chi connectivity index (χ1) is 15.4. The van der Waals surface area contributed by atoms with E-state index in [2.05, 4.69) is 23.8 Å². The molecule has 1 saturated heterocycles. The number of carbonyl (C=O) groups excluding carboxylic acids is 1.